The van der Waals surface area contributed by atoms with Crippen molar-refractivity contribution < 1.29 is 15.0 Å². The molecule has 1 aliphatic heterocycles. The third-order valence-electron chi connectivity index (χ3n) is 3.50. The molecular formula is C14H20ClN3O3. The number of nitrogens with two attached hydrogens (primary N) is 1. The lowest BCUT2D eigenvalue weighted by Crippen LogP contribution is -2.24. The van der Waals surface area contributed by atoms with E-state index in [1.165, 1.54) is 0 Å². The number of carbonyl (C=O) groups is 1. The Kier molecular flexibility index (Phi) is 5.41. The number of aliphatic hydroxyl groups excluding tert-OH is 2. The van der Waals surface area contributed by atoms with Gasteiger partial charge in [-0.2, -0.15) is 0 Å². The maximum atomic E-state index is 11.8. The summed E-state index contributed by atoms with van der Waals surface area (Å²) in [6, 6.07) is 4.92. The lowest BCUT2D eigenvalue weighted by Gasteiger charge is -2.14. The summed E-state index contributed by atoms with van der Waals surface area (Å²) in [5.74, 6) is -0.121. The van der Waals surface area contributed by atoms with E-state index in [4.69, 9.17) is 17.3 Å². The summed E-state index contributed by atoms with van der Waals surface area (Å²) in [6.45, 7) is 1.57. The van der Waals surface area contributed by atoms with Gasteiger partial charge in [0.05, 0.1) is 23.6 Å². The van der Waals surface area contributed by atoms with Crippen molar-refractivity contribution in [2.24, 2.45) is 0 Å². The van der Waals surface area contributed by atoms with E-state index in [0.717, 1.165) is 0 Å². The minimum atomic E-state index is -0.687. The molecule has 1 aliphatic rings. The molecule has 0 aromatic heterocycles. The minimum Gasteiger partial charge on any atom is -0.397 e. The second kappa shape index (κ2) is 7.09. The second-order valence-electron chi connectivity index (χ2n) is 5.28. The Morgan fingerprint density at radius 2 is 2.05 bits per heavy atom. The number of likely N-dealkylation sites (tertiary alicyclic amines) is 1. The summed E-state index contributed by atoms with van der Waals surface area (Å²) in [4.78, 5) is 13.8. The number of hydrogen-bond acceptors (Lipinski definition) is 5. The maximum absolute atomic E-state index is 11.8. The van der Waals surface area contributed by atoms with Crippen LogP contribution in [0.4, 0.5) is 11.4 Å². The molecule has 21 heavy (non-hydrogen) atoms. The molecule has 1 amide bonds. The lowest BCUT2D eigenvalue weighted by molar-refractivity contribution is -0.116. The first-order valence-corrected chi connectivity index (χ1v) is 7.27. The molecule has 1 fully saturated rings. The van der Waals surface area contributed by atoms with E-state index in [1.807, 2.05) is 4.90 Å². The van der Waals surface area contributed by atoms with Gasteiger partial charge in [-0.1, -0.05) is 11.6 Å². The Bertz CT molecular complexity index is 502. The number of nitrogens with zero attached hydrogens (tertiary/aromatic N) is 1. The summed E-state index contributed by atoms with van der Waals surface area (Å²) >= 11 is 5.79. The zero-order valence-corrected chi connectivity index (χ0v) is 12.4. The molecule has 1 saturated heterocycles. The predicted octanol–water partition coefficient (Wildman–Crippen LogP) is 0.678. The largest absolute Gasteiger partial charge is 0.397 e. The van der Waals surface area contributed by atoms with E-state index in [1.54, 1.807) is 18.2 Å². The molecule has 1 heterocycles. The third kappa shape index (κ3) is 4.57. The molecule has 116 valence electrons. The highest BCUT2D eigenvalue weighted by atomic mass is 35.5. The number of halogens is 1. The molecule has 0 bridgehead atoms. The van der Waals surface area contributed by atoms with Gasteiger partial charge < -0.3 is 21.3 Å². The quantitative estimate of drug-likeness (QED) is 0.599. The monoisotopic (exact) mass is 313 g/mol. The third-order valence-corrected chi connectivity index (χ3v) is 3.74. The Labute approximate surface area is 128 Å². The van der Waals surface area contributed by atoms with Crippen molar-refractivity contribution in [3.8, 4) is 0 Å². The van der Waals surface area contributed by atoms with Gasteiger partial charge in [-0.3, -0.25) is 9.69 Å². The van der Waals surface area contributed by atoms with Crippen LogP contribution in [-0.4, -0.2) is 52.9 Å². The van der Waals surface area contributed by atoms with Crippen LogP contribution >= 0.6 is 11.6 Å². The molecule has 0 radical (unpaired) electrons. The van der Waals surface area contributed by atoms with E-state index < -0.39 is 12.2 Å². The predicted molar refractivity (Wildman–Crippen MR) is 82.2 cm³/mol. The van der Waals surface area contributed by atoms with Gasteiger partial charge in [0.15, 0.2) is 0 Å². The number of hydrogen-bond donors (Lipinski definition) is 4. The molecular weight excluding hydrogens is 294 g/mol. The zero-order valence-electron chi connectivity index (χ0n) is 11.6. The number of β-amino-alcohol motifs (C(OH)–C–C–N with tert-alkyl or cyclic N) is 2. The van der Waals surface area contributed by atoms with Gasteiger partial charge in [0, 0.05) is 24.5 Å². The highest BCUT2D eigenvalue weighted by Gasteiger charge is 2.28. The lowest BCUT2D eigenvalue weighted by atomic mass is 10.2. The summed E-state index contributed by atoms with van der Waals surface area (Å²) < 4.78 is 0. The number of nitrogens with one attached hydrogen (secondary N) is 1. The number of amides is 1. The molecule has 1 aromatic rings. The van der Waals surface area contributed by atoms with Crippen LogP contribution in [0.2, 0.25) is 5.02 Å². The van der Waals surface area contributed by atoms with Gasteiger partial charge in [-0.25, -0.2) is 0 Å². The highest BCUT2D eigenvalue weighted by Crippen LogP contribution is 2.22. The minimum absolute atomic E-state index is 0.121. The fraction of sp³-hybridized carbons (Fsp3) is 0.500. The first kappa shape index (κ1) is 16.0. The molecule has 2 atom stereocenters. The molecule has 2 unspecified atom stereocenters. The Hall–Kier alpha value is -1.34. The van der Waals surface area contributed by atoms with Crippen LogP contribution in [0.1, 0.15) is 12.8 Å². The molecule has 0 aliphatic carbocycles. The van der Waals surface area contributed by atoms with Crippen LogP contribution in [-0.2, 0) is 4.79 Å². The molecule has 7 heteroatoms. The molecule has 5 N–H and O–H groups in total. The van der Waals surface area contributed by atoms with Crippen LogP contribution in [0.3, 0.4) is 0 Å². The average molecular weight is 314 g/mol. The van der Waals surface area contributed by atoms with E-state index in [9.17, 15) is 15.0 Å². The van der Waals surface area contributed by atoms with Crippen molar-refractivity contribution in [1.82, 2.24) is 4.90 Å². The zero-order chi connectivity index (χ0) is 15.4. The summed E-state index contributed by atoms with van der Waals surface area (Å²) in [5.41, 5.74) is 6.75. The number of aliphatic hydroxyl groups is 2. The second-order valence-corrected chi connectivity index (χ2v) is 5.71. The van der Waals surface area contributed by atoms with Crippen LogP contribution in [0.5, 0.6) is 0 Å². The summed E-state index contributed by atoms with van der Waals surface area (Å²) in [7, 11) is 0. The van der Waals surface area contributed by atoms with Crippen LogP contribution in [0.15, 0.2) is 18.2 Å². The van der Waals surface area contributed by atoms with Gasteiger partial charge in [-0.05, 0) is 31.2 Å². The van der Waals surface area contributed by atoms with E-state index in [0.29, 0.717) is 48.9 Å². The van der Waals surface area contributed by atoms with Crippen LogP contribution in [0.25, 0.3) is 0 Å². The van der Waals surface area contributed by atoms with Crippen molar-refractivity contribution in [3.63, 3.8) is 0 Å². The van der Waals surface area contributed by atoms with E-state index >= 15 is 0 Å². The fourth-order valence-electron chi connectivity index (χ4n) is 2.35. The topological polar surface area (TPSA) is 98.8 Å². The number of nitrogen functional groups attached to an aromatic ring is 1. The molecule has 2 rings (SSSR count). The normalized spacial score (nSPS) is 22.4. The van der Waals surface area contributed by atoms with E-state index in [-0.39, 0.29) is 5.91 Å². The Morgan fingerprint density at radius 3 is 2.67 bits per heavy atom. The first-order valence-electron chi connectivity index (χ1n) is 6.89. The highest BCUT2D eigenvalue weighted by molar-refractivity contribution is 6.31. The van der Waals surface area contributed by atoms with Crippen molar-refractivity contribution in [1.29, 1.82) is 0 Å². The molecule has 0 saturated carbocycles. The van der Waals surface area contributed by atoms with Crippen molar-refractivity contribution in [3.05, 3.63) is 23.2 Å². The molecule has 1 aromatic carbocycles. The number of benzene rings is 1. The average Bonchev–Trinajstić information content (AvgIpc) is 2.72. The SMILES string of the molecule is Nc1cc(Cl)ccc1NC(=O)CCCN1CC(O)C(O)C1. The van der Waals surface area contributed by atoms with Gasteiger partial charge in [-0.15, -0.1) is 0 Å². The number of rotatable bonds is 5. The van der Waals surface area contributed by atoms with Crippen molar-refractivity contribution >= 4 is 28.9 Å². The van der Waals surface area contributed by atoms with E-state index in [2.05, 4.69) is 5.32 Å². The van der Waals surface area contributed by atoms with Crippen molar-refractivity contribution in [2.45, 2.75) is 25.0 Å². The van der Waals surface area contributed by atoms with Gasteiger partial charge in [0.1, 0.15) is 0 Å². The Balaban J connectivity index is 1.73. The van der Waals surface area contributed by atoms with Gasteiger partial charge in [0.25, 0.3) is 0 Å². The number of carbonyl (C=O) groups excluding carboxylic acids is 1. The summed E-state index contributed by atoms with van der Waals surface area (Å²) in [5, 5.41) is 22.1. The number of anilines is 2. The smallest absolute Gasteiger partial charge is 0.224 e. The van der Waals surface area contributed by atoms with Gasteiger partial charge in [0.2, 0.25) is 5.91 Å². The summed E-state index contributed by atoms with van der Waals surface area (Å²) in [6.07, 6.45) is -0.371. The first-order chi connectivity index (χ1) is 9.95. The van der Waals surface area contributed by atoms with Crippen LogP contribution < -0.4 is 11.1 Å². The Morgan fingerprint density at radius 1 is 1.38 bits per heavy atom. The maximum Gasteiger partial charge on any atom is 0.224 e. The van der Waals surface area contributed by atoms with Gasteiger partial charge >= 0.3 is 0 Å². The molecule has 0 spiro atoms. The van der Waals surface area contributed by atoms with Crippen LogP contribution in [0, 0.1) is 0 Å². The van der Waals surface area contributed by atoms with Crippen molar-refractivity contribution in [2.75, 3.05) is 30.7 Å². The molecule has 6 nitrogen and oxygen atoms in total. The fourth-order valence-corrected chi connectivity index (χ4v) is 2.53. The standard InChI is InChI=1S/C14H20ClN3O3/c15-9-3-4-11(10(16)6-9)17-14(21)2-1-5-18-7-12(19)13(20)8-18/h3-4,6,12-13,19-20H,1-2,5,7-8,16H2,(H,17,21).